The Balaban J connectivity index is 2.83. The van der Waals surface area contributed by atoms with Crippen LogP contribution in [0.1, 0.15) is 5.56 Å². The van der Waals surface area contributed by atoms with Gasteiger partial charge < -0.3 is 10.5 Å². The Labute approximate surface area is 107 Å². The predicted molar refractivity (Wildman–Crippen MR) is 61.8 cm³/mol. The van der Waals surface area contributed by atoms with Crippen molar-refractivity contribution < 1.29 is 32.6 Å². The quantitative estimate of drug-likeness (QED) is 0.629. The largest absolute Gasteiger partial charge is 0.468 e. The molecule has 0 spiro atoms. The minimum Gasteiger partial charge on any atom is -0.468 e. The minimum atomic E-state index is -4.57. The summed E-state index contributed by atoms with van der Waals surface area (Å²) in [5.74, 6) is -0.589. The maximum atomic E-state index is 12.0. The molecule has 0 heterocycles. The third kappa shape index (κ3) is 3.81. The van der Waals surface area contributed by atoms with E-state index in [-0.39, 0.29) is 11.7 Å². The van der Waals surface area contributed by atoms with Crippen molar-refractivity contribution in [3.63, 3.8) is 0 Å². The fraction of sp³-hybridized carbons (Fsp3) is 0.300. The van der Waals surface area contributed by atoms with Crippen LogP contribution >= 0.6 is 7.60 Å². The topological polar surface area (TPSA) is 87.9 Å². The first-order valence-corrected chi connectivity index (χ1v) is 6.64. The average Bonchev–Trinajstić information content (AvgIpc) is 2.46. The molecule has 1 atom stereocenters. The van der Waals surface area contributed by atoms with Crippen molar-refractivity contribution in [1.29, 1.82) is 0 Å². The van der Waals surface area contributed by atoms with Crippen LogP contribution in [0.15, 0.2) is 24.3 Å². The zero-order valence-electron chi connectivity index (χ0n) is 9.92. The summed E-state index contributed by atoms with van der Waals surface area (Å²) in [6.07, 6.45) is 0.157. The van der Waals surface area contributed by atoms with E-state index in [1.54, 1.807) is 0 Å². The minimum absolute atomic E-state index is 0.157. The third-order valence-electron chi connectivity index (χ3n) is 2.39. The summed E-state index contributed by atoms with van der Waals surface area (Å²) in [6.45, 7) is 0. The van der Waals surface area contributed by atoms with Crippen LogP contribution in [0.3, 0.4) is 0 Å². The summed E-state index contributed by atoms with van der Waals surface area (Å²) < 4.78 is 45.8. The van der Waals surface area contributed by atoms with Gasteiger partial charge in [0.05, 0.1) is 12.4 Å². The second-order valence-corrected chi connectivity index (χ2v) is 5.42. The first-order chi connectivity index (χ1) is 8.96. The second kappa shape index (κ2) is 6.72. The Morgan fingerprint density at radius 2 is 1.84 bits per heavy atom. The lowest BCUT2D eigenvalue weighted by molar-refractivity contribution is -0.142. The monoisotopic (exact) mass is 295 g/mol. The summed E-state index contributed by atoms with van der Waals surface area (Å²) in [5.41, 5.74) is 6.13. The number of benzene rings is 1. The third-order valence-corrected chi connectivity index (χ3v) is 3.69. The zero-order valence-corrected chi connectivity index (χ0v) is 10.8. The van der Waals surface area contributed by atoms with Crippen LogP contribution in [0.5, 0.6) is 0 Å². The Bertz CT molecular complexity index is 473. The van der Waals surface area contributed by atoms with E-state index in [4.69, 9.17) is 5.73 Å². The number of hydrogen-bond acceptors (Lipinski definition) is 6. The molecule has 6 nitrogen and oxygen atoms in total. The molecule has 0 saturated carbocycles. The van der Waals surface area contributed by atoms with Crippen LogP contribution in [0.4, 0.5) is 9.05 Å². The molecule has 0 radical (unpaired) electrons. The Hall–Kier alpha value is -1.34. The molecule has 0 amide bonds. The zero-order chi connectivity index (χ0) is 14.5. The summed E-state index contributed by atoms with van der Waals surface area (Å²) >= 11 is 0. The standard InChI is InChI=1S/C10H12F2NO5P/c1-16-10(14)9(13)6-7-2-4-8(5-3-7)19(15,17-11)18-12/h2-5,9H,6,13H2,1H3/t9-/m0/s1. The van der Waals surface area contributed by atoms with E-state index < -0.39 is 19.6 Å². The van der Waals surface area contributed by atoms with E-state index in [2.05, 4.69) is 14.2 Å². The first-order valence-electron chi connectivity index (χ1n) is 5.10. The molecule has 2 N–H and O–H groups in total. The molecule has 0 bridgehead atoms. The van der Waals surface area contributed by atoms with Crippen molar-refractivity contribution >= 4 is 18.9 Å². The maximum absolute atomic E-state index is 12.0. The predicted octanol–water partition coefficient (Wildman–Crippen LogP) is 1.35. The van der Waals surface area contributed by atoms with Gasteiger partial charge in [0.25, 0.3) is 0 Å². The number of esters is 1. The number of halogens is 2. The Morgan fingerprint density at radius 1 is 1.32 bits per heavy atom. The van der Waals surface area contributed by atoms with Gasteiger partial charge in [0.15, 0.2) is 0 Å². The number of methoxy groups -OCH3 is 1. The number of hydrogen-bond donors (Lipinski definition) is 1. The van der Waals surface area contributed by atoms with Gasteiger partial charge in [-0.3, -0.25) is 4.79 Å². The highest BCUT2D eigenvalue weighted by Gasteiger charge is 2.30. The normalized spacial score (nSPS) is 13.1. The maximum Gasteiger partial charge on any atom is 0.423 e. The van der Waals surface area contributed by atoms with Crippen molar-refractivity contribution in [1.82, 2.24) is 0 Å². The molecular weight excluding hydrogens is 283 g/mol. The fourth-order valence-electron chi connectivity index (χ4n) is 1.39. The second-order valence-electron chi connectivity index (χ2n) is 3.64. The van der Waals surface area contributed by atoms with Gasteiger partial charge >= 0.3 is 13.6 Å². The van der Waals surface area contributed by atoms with E-state index >= 15 is 0 Å². The smallest absolute Gasteiger partial charge is 0.423 e. The molecule has 1 rings (SSSR count). The summed E-state index contributed by atoms with van der Waals surface area (Å²) in [5, 5.41) is -0.298. The SMILES string of the molecule is COC(=O)[C@@H](N)Cc1ccc(P(=O)(OF)OF)cc1. The molecule has 106 valence electrons. The van der Waals surface area contributed by atoms with Crippen molar-refractivity contribution in [3.8, 4) is 0 Å². The van der Waals surface area contributed by atoms with Crippen molar-refractivity contribution in [3.05, 3.63) is 29.8 Å². The fourth-order valence-corrected chi connectivity index (χ4v) is 2.09. The van der Waals surface area contributed by atoms with Gasteiger partial charge in [-0.1, -0.05) is 21.6 Å². The lowest BCUT2D eigenvalue weighted by Crippen LogP contribution is -2.33. The highest BCUT2D eigenvalue weighted by Crippen LogP contribution is 2.47. The van der Waals surface area contributed by atoms with Crippen LogP contribution < -0.4 is 11.0 Å². The summed E-state index contributed by atoms with van der Waals surface area (Å²) in [4.78, 5) is 11.1. The molecule has 0 fully saturated rings. The number of rotatable bonds is 6. The van der Waals surface area contributed by atoms with Crippen LogP contribution in [0, 0.1) is 0 Å². The van der Waals surface area contributed by atoms with E-state index in [9.17, 15) is 18.4 Å². The average molecular weight is 295 g/mol. The van der Waals surface area contributed by atoms with Crippen LogP contribution in [-0.2, 0) is 30.0 Å². The molecule has 0 saturated heterocycles. The summed E-state index contributed by atoms with van der Waals surface area (Å²) in [6, 6.07) is 4.22. The van der Waals surface area contributed by atoms with Crippen LogP contribution in [0.2, 0.25) is 0 Å². The first kappa shape index (κ1) is 15.7. The van der Waals surface area contributed by atoms with E-state index in [0.29, 0.717) is 5.56 Å². The highest BCUT2D eigenvalue weighted by molar-refractivity contribution is 7.61. The number of ether oxygens (including phenoxy) is 1. The van der Waals surface area contributed by atoms with Crippen molar-refractivity contribution in [2.75, 3.05) is 7.11 Å². The number of nitrogens with two attached hydrogens (primary N) is 1. The van der Waals surface area contributed by atoms with Gasteiger partial charge in [-0.25, -0.2) is 4.57 Å². The van der Waals surface area contributed by atoms with Gasteiger partial charge in [-0.05, 0) is 33.2 Å². The van der Waals surface area contributed by atoms with Gasteiger partial charge in [-0.2, -0.15) is 0 Å². The molecular formula is C10H12F2NO5P. The van der Waals surface area contributed by atoms with Crippen LogP contribution in [0.25, 0.3) is 0 Å². The van der Waals surface area contributed by atoms with E-state index in [0.717, 1.165) is 12.1 Å². The van der Waals surface area contributed by atoms with Crippen LogP contribution in [-0.4, -0.2) is 19.1 Å². The molecule has 0 unspecified atom stereocenters. The molecule has 1 aromatic rings. The Morgan fingerprint density at radius 3 is 2.26 bits per heavy atom. The molecule has 0 aliphatic rings. The van der Waals surface area contributed by atoms with Crippen molar-refractivity contribution in [2.24, 2.45) is 5.73 Å². The lowest BCUT2D eigenvalue weighted by Gasteiger charge is -2.10. The van der Waals surface area contributed by atoms with Gasteiger partial charge in [0.2, 0.25) is 0 Å². The number of carbonyl (C=O) groups is 1. The van der Waals surface area contributed by atoms with E-state index in [1.807, 2.05) is 0 Å². The lowest BCUT2D eigenvalue weighted by atomic mass is 10.1. The summed E-state index contributed by atoms with van der Waals surface area (Å²) in [7, 11) is -3.36. The molecule has 0 aliphatic carbocycles. The molecule has 0 aliphatic heterocycles. The number of carbonyl (C=O) groups excluding carboxylic acids is 1. The van der Waals surface area contributed by atoms with Gasteiger partial charge in [0.1, 0.15) is 6.04 Å². The van der Waals surface area contributed by atoms with Gasteiger partial charge in [0, 0.05) is 0 Å². The van der Waals surface area contributed by atoms with Gasteiger partial charge in [-0.15, -0.1) is 0 Å². The molecule has 9 heteroatoms. The Kier molecular flexibility index (Phi) is 5.56. The van der Waals surface area contributed by atoms with Crippen molar-refractivity contribution in [2.45, 2.75) is 12.5 Å². The molecule has 19 heavy (non-hydrogen) atoms. The highest BCUT2D eigenvalue weighted by atomic mass is 31.2. The molecule has 0 aromatic heterocycles. The molecule has 1 aromatic carbocycles. The van der Waals surface area contributed by atoms with E-state index in [1.165, 1.54) is 19.2 Å².